The lowest BCUT2D eigenvalue weighted by Crippen LogP contribution is -2.48. The summed E-state index contributed by atoms with van der Waals surface area (Å²) in [4.78, 5) is 18.8. The highest BCUT2D eigenvalue weighted by atomic mass is 32.1. The number of carbonyl (C=O) groups is 1. The molecule has 0 unspecified atom stereocenters. The van der Waals surface area contributed by atoms with Crippen LogP contribution in [0.3, 0.4) is 0 Å². The first-order valence-corrected chi connectivity index (χ1v) is 11.4. The molecule has 0 spiro atoms. The molecule has 168 valence electrons. The topological polar surface area (TPSA) is 106 Å². The number of amides is 1. The van der Waals surface area contributed by atoms with E-state index in [1.54, 1.807) is 18.3 Å². The highest BCUT2D eigenvalue weighted by molar-refractivity contribution is 7.12. The van der Waals surface area contributed by atoms with Crippen LogP contribution >= 0.6 is 11.3 Å². The Morgan fingerprint density at radius 2 is 2.16 bits per heavy atom. The molecule has 0 radical (unpaired) electrons. The molecule has 0 saturated heterocycles. The van der Waals surface area contributed by atoms with Crippen LogP contribution in [0.25, 0.3) is 11.1 Å². The summed E-state index contributed by atoms with van der Waals surface area (Å²) in [7, 11) is 0. The number of halogens is 1. The Morgan fingerprint density at radius 3 is 2.81 bits per heavy atom. The molecule has 2 aromatic heterocycles. The lowest BCUT2D eigenvalue weighted by atomic mass is 9.80. The highest BCUT2D eigenvalue weighted by Gasteiger charge is 2.41. The first kappa shape index (κ1) is 22.1. The number of unbranched alkanes of at least 4 members (excludes halogenated alkanes) is 1. The van der Waals surface area contributed by atoms with Crippen LogP contribution in [0.4, 0.5) is 4.39 Å². The first-order chi connectivity index (χ1) is 15.4. The molecular weight excluding hydrogens is 431 g/mol. The van der Waals surface area contributed by atoms with Gasteiger partial charge in [-0.1, -0.05) is 26.3 Å². The van der Waals surface area contributed by atoms with Gasteiger partial charge >= 0.3 is 0 Å². The molecule has 4 rings (SSSR count). The Balaban J connectivity index is 1.73. The quantitative estimate of drug-likeness (QED) is 0.498. The third-order valence-corrected chi connectivity index (χ3v) is 6.68. The number of carbonyl (C=O) groups excluding carboxylic acids is 1. The molecule has 0 saturated carbocycles. The fraction of sp³-hybridized carbons (Fsp3) is 0.409. The number of nitrogens with zero attached hydrogens (tertiary/aromatic N) is 4. The molecular formula is C22H25FN6O2S. The second kappa shape index (κ2) is 9.15. The van der Waals surface area contributed by atoms with Crippen molar-refractivity contribution in [2.45, 2.75) is 52.0 Å². The van der Waals surface area contributed by atoms with Crippen molar-refractivity contribution in [3.8, 4) is 5.75 Å². The average Bonchev–Trinajstić information content (AvgIpc) is 3.45. The standard InChI is InChI=1S/C22H25FN6O2S/c1-4-6-9-31-13-7-8-16(17(23)10-13)22(3)11-15(21-24-12-14(5-2)32-21)18(20(30)25-22)19-26-28-29-27-19/h7-8,10,12H,4-6,9,11H2,1-3H3,(H,25,30)(H,26,27,28,29)/t22-/m0/s1. The summed E-state index contributed by atoms with van der Waals surface area (Å²) in [5.41, 5.74) is 0.368. The van der Waals surface area contributed by atoms with Gasteiger partial charge in [0.2, 0.25) is 5.82 Å². The van der Waals surface area contributed by atoms with Crippen molar-refractivity contribution in [2.75, 3.05) is 6.61 Å². The van der Waals surface area contributed by atoms with E-state index in [0.29, 0.717) is 40.5 Å². The number of nitrogens with one attached hydrogen (secondary N) is 2. The lowest BCUT2D eigenvalue weighted by molar-refractivity contribution is -0.117. The predicted octanol–water partition coefficient (Wildman–Crippen LogP) is 3.88. The van der Waals surface area contributed by atoms with Gasteiger partial charge in [0.05, 0.1) is 17.7 Å². The number of aromatic amines is 1. The van der Waals surface area contributed by atoms with Gasteiger partial charge in [0.25, 0.3) is 5.91 Å². The molecule has 1 amide bonds. The number of hydrogen-bond donors (Lipinski definition) is 2. The molecule has 1 aliphatic rings. The number of aromatic nitrogens is 5. The smallest absolute Gasteiger partial charge is 0.256 e. The van der Waals surface area contributed by atoms with E-state index in [1.165, 1.54) is 17.4 Å². The highest BCUT2D eigenvalue weighted by Crippen LogP contribution is 2.42. The molecule has 0 aliphatic carbocycles. The van der Waals surface area contributed by atoms with Gasteiger partial charge in [-0.05, 0) is 31.0 Å². The number of thiazole rings is 1. The molecule has 1 aromatic carbocycles. The fourth-order valence-electron chi connectivity index (χ4n) is 3.76. The Bertz CT molecular complexity index is 1140. The maximum atomic E-state index is 15.2. The third-order valence-electron chi connectivity index (χ3n) is 5.48. The minimum atomic E-state index is -0.982. The monoisotopic (exact) mass is 456 g/mol. The fourth-order valence-corrected chi connectivity index (χ4v) is 4.66. The van der Waals surface area contributed by atoms with Crippen LogP contribution in [0.1, 0.15) is 61.3 Å². The Hall–Kier alpha value is -3.14. The predicted molar refractivity (Wildman–Crippen MR) is 119 cm³/mol. The number of rotatable bonds is 8. The molecule has 8 nitrogen and oxygen atoms in total. The summed E-state index contributed by atoms with van der Waals surface area (Å²) in [6, 6.07) is 4.79. The molecule has 2 N–H and O–H groups in total. The number of H-pyrrole nitrogens is 1. The van der Waals surface area contributed by atoms with Crippen LogP contribution in [-0.4, -0.2) is 38.1 Å². The normalized spacial score (nSPS) is 18.7. The van der Waals surface area contributed by atoms with Crippen LogP contribution in [0.5, 0.6) is 5.75 Å². The second-order valence-electron chi connectivity index (χ2n) is 7.88. The van der Waals surface area contributed by atoms with Gasteiger partial charge in [-0.25, -0.2) is 9.37 Å². The third kappa shape index (κ3) is 4.27. The van der Waals surface area contributed by atoms with E-state index in [-0.39, 0.29) is 5.82 Å². The molecule has 1 aliphatic heterocycles. The lowest BCUT2D eigenvalue weighted by Gasteiger charge is -2.36. The van der Waals surface area contributed by atoms with E-state index in [1.807, 2.05) is 13.8 Å². The van der Waals surface area contributed by atoms with Crippen LogP contribution in [-0.2, 0) is 16.8 Å². The minimum Gasteiger partial charge on any atom is -0.493 e. The summed E-state index contributed by atoms with van der Waals surface area (Å²) in [6.07, 6.45) is 4.86. The Morgan fingerprint density at radius 1 is 1.31 bits per heavy atom. The minimum absolute atomic E-state index is 0.188. The largest absolute Gasteiger partial charge is 0.493 e. The van der Waals surface area contributed by atoms with E-state index >= 15 is 4.39 Å². The SMILES string of the molecule is CCCCOc1ccc([C@]2(C)CC(c3ncc(CC)s3)=C(c3nn[nH]n3)C(=O)N2)c(F)c1. The summed E-state index contributed by atoms with van der Waals surface area (Å²) >= 11 is 1.51. The molecule has 3 aromatic rings. The van der Waals surface area contributed by atoms with Crippen molar-refractivity contribution in [3.05, 3.63) is 51.5 Å². The van der Waals surface area contributed by atoms with Gasteiger partial charge in [0.15, 0.2) is 0 Å². The maximum absolute atomic E-state index is 15.2. The van der Waals surface area contributed by atoms with Gasteiger partial charge in [-0.2, -0.15) is 5.21 Å². The summed E-state index contributed by atoms with van der Waals surface area (Å²) in [5, 5.41) is 17.6. The summed E-state index contributed by atoms with van der Waals surface area (Å²) in [6.45, 7) is 6.46. The van der Waals surface area contributed by atoms with E-state index in [0.717, 1.165) is 24.1 Å². The zero-order chi connectivity index (χ0) is 22.7. The first-order valence-electron chi connectivity index (χ1n) is 10.6. The van der Waals surface area contributed by atoms with Crippen molar-refractivity contribution in [1.82, 2.24) is 30.9 Å². The number of tetrazole rings is 1. The molecule has 0 fully saturated rings. The van der Waals surface area contributed by atoms with Gasteiger partial charge < -0.3 is 10.1 Å². The van der Waals surface area contributed by atoms with Crippen molar-refractivity contribution in [2.24, 2.45) is 0 Å². The number of ether oxygens (including phenoxy) is 1. The van der Waals surface area contributed by atoms with Crippen LogP contribution < -0.4 is 10.1 Å². The summed E-state index contributed by atoms with van der Waals surface area (Å²) in [5.74, 6) is -0.169. The van der Waals surface area contributed by atoms with Gasteiger partial charge in [0, 0.05) is 34.7 Å². The number of benzene rings is 1. The van der Waals surface area contributed by atoms with Crippen LogP contribution in [0, 0.1) is 5.82 Å². The van der Waals surface area contributed by atoms with Gasteiger partial charge in [-0.3, -0.25) is 4.79 Å². The molecule has 10 heteroatoms. The van der Waals surface area contributed by atoms with E-state index in [9.17, 15) is 4.79 Å². The van der Waals surface area contributed by atoms with Crippen molar-refractivity contribution < 1.29 is 13.9 Å². The van der Waals surface area contributed by atoms with E-state index in [4.69, 9.17) is 4.74 Å². The average molecular weight is 457 g/mol. The number of aryl methyl sites for hydroxylation is 1. The molecule has 3 heterocycles. The summed E-state index contributed by atoms with van der Waals surface area (Å²) < 4.78 is 20.8. The van der Waals surface area contributed by atoms with Crippen molar-refractivity contribution in [1.29, 1.82) is 0 Å². The molecule has 32 heavy (non-hydrogen) atoms. The van der Waals surface area contributed by atoms with Gasteiger partial charge in [-0.15, -0.1) is 21.5 Å². The number of hydrogen-bond acceptors (Lipinski definition) is 7. The van der Waals surface area contributed by atoms with E-state index < -0.39 is 17.3 Å². The molecule has 1 atom stereocenters. The zero-order valence-corrected chi connectivity index (χ0v) is 19.1. The van der Waals surface area contributed by atoms with Crippen LogP contribution in [0.2, 0.25) is 0 Å². The zero-order valence-electron chi connectivity index (χ0n) is 18.2. The maximum Gasteiger partial charge on any atom is 0.256 e. The van der Waals surface area contributed by atoms with Gasteiger partial charge in [0.1, 0.15) is 16.6 Å². The second-order valence-corrected chi connectivity index (χ2v) is 9.00. The Kier molecular flexibility index (Phi) is 6.31. The molecule has 0 bridgehead atoms. The van der Waals surface area contributed by atoms with E-state index in [2.05, 4.69) is 37.8 Å². The Labute approximate surface area is 189 Å². The van der Waals surface area contributed by atoms with Crippen molar-refractivity contribution in [3.63, 3.8) is 0 Å². The van der Waals surface area contributed by atoms with Crippen molar-refractivity contribution >= 4 is 28.4 Å². The van der Waals surface area contributed by atoms with Crippen LogP contribution in [0.15, 0.2) is 24.4 Å².